The Labute approximate surface area is 183 Å². The fourth-order valence-electron chi connectivity index (χ4n) is 4.63. The number of carboxylic acid groups (broad SMARTS) is 1. The lowest BCUT2D eigenvalue weighted by atomic mass is 9.98. The molecular weight excluding hydrogens is 388 g/mol. The third-order valence-electron chi connectivity index (χ3n) is 6.38. The summed E-state index contributed by atoms with van der Waals surface area (Å²) < 4.78 is 8.21. The quantitative estimate of drug-likeness (QED) is 0.554. The zero-order valence-electron chi connectivity index (χ0n) is 18.5. The van der Waals surface area contributed by atoms with Crippen molar-refractivity contribution in [3.8, 4) is 17.1 Å². The van der Waals surface area contributed by atoms with E-state index in [-0.39, 0.29) is 12.3 Å². The number of nitrogens with zero attached hydrogens (tertiary/aromatic N) is 2. The molecule has 0 saturated heterocycles. The number of hydrogen-bond acceptors (Lipinski definition) is 3. The van der Waals surface area contributed by atoms with Crippen LogP contribution < -0.4 is 4.74 Å². The minimum absolute atomic E-state index is 0.128. The van der Waals surface area contributed by atoms with Gasteiger partial charge in [0.1, 0.15) is 11.6 Å². The van der Waals surface area contributed by atoms with E-state index in [1.54, 1.807) is 0 Å². The van der Waals surface area contributed by atoms with Crippen molar-refractivity contribution in [3.05, 3.63) is 70.5 Å². The zero-order chi connectivity index (χ0) is 22.0. The number of fused-ring (bicyclic) bond motifs is 1. The van der Waals surface area contributed by atoms with Crippen LogP contribution in [0.5, 0.6) is 5.75 Å². The zero-order valence-corrected chi connectivity index (χ0v) is 18.5. The largest absolute Gasteiger partial charge is 0.493 e. The van der Waals surface area contributed by atoms with Gasteiger partial charge >= 0.3 is 5.97 Å². The van der Waals surface area contributed by atoms with Crippen molar-refractivity contribution in [2.24, 2.45) is 7.05 Å². The van der Waals surface area contributed by atoms with E-state index >= 15 is 0 Å². The summed E-state index contributed by atoms with van der Waals surface area (Å²) in [6.45, 7) is 4.79. The predicted molar refractivity (Wildman–Crippen MR) is 122 cm³/mol. The van der Waals surface area contributed by atoms with Crippen LogP contribution in [0.25, 0.3) is 11.4 Å². The first-order valence-electron chi connectivity index (χ1n) is 11.0. The minimum atomic E-state index is -0.731. The Morgan fingerprint density at radius 2 is 2.00 bits per heavy atom. The molecule has 4 rings (SSSR count). The molecule has 1 aliphatic rings. The van der Waals surface area contributed by atoms with Crippen molar-refractivity contribution in [1.29, 1.82) is 0 Å². The summed E-state index contributed by atoms with van der Waals surface area (Å²) in [5.74, 6) is 1.23. The predicted octanol–water partition coefficient (Wildman–Crippen LogP) is 5.08. The first kappa shape index (κ1) is 21.2. The second-order valence-corrected chi connectivity index (χ2v) is 8.37. The Bertz CT molecular complexity index is 1080. The van der Waals surface area contributed by atoms with Crippen molar-refractivity contribution in [3.63, 3.8) is 0 Å². The van der Waals surface area contributed by atoms with E-state index in [1.165, 1.54) is 16.8 Å². The Hall–Kier alpha value is -3.08. The molecule has 5 heteroatoms. The van der Waals surface area contributed by atoms with Crippen LogP contribution >= 0.6 is 0 Å². The van der Waals surface area contributed by atoms with Gasteiger partial charge in [0.05, 0.1) is 18.7 Å². The number of ether oxygens (including phenoxy) is 1. The van der Waals surface area contributed by atoms with Crippen molar-refractivity contribution in [2.45, 2.75) is 51.9 Å². The maximum Gasteiger partial charge on any atom is 0.303 e. The average molecular weight is 419 g/mol. The van der Waals surface area contributed by atoms with Crippen molar-refractivity contribution < 1.29 is 14.6 Å². The molecule has 0 amide bonds. The van der Waals surface area contributed by atoms with E-state index < -0.39 is 5.97 Å². The molecule has 1 aliphatic carbocycles. The smallest absolute Gasteiger partial charge is 0.303 e. The van der Waals surface area contributed by atoms with E-state index in [1.807, 2.05) is 12.1 Å². The molecule has 0 spiro atoms. The highest BCUT2D eigenvalue weighted by Gasteiger charge is 2.25. The molecule has 0 unspecified atom stereocenters. The molecule has 1 atom stereocenters. The van der Waals surface area contributed by atoms with Crippen LogP contribution in [-0.4, -0.2) is 27.2 Å². The summed E-state index contributed by atoms with van der Waals surface area (Å²) in [7, 11) is 2.07. The number of carboxylic acids is 1. The van der Waals surface area contributed by atoms with E-state index in [2.05, 4.69) is 55.8 Å². The lowest BCUT2D eigenvalue weighted by Crippen LogP contribution is -2.07. The second kappa shape index (κ2) is 8.96. The molecule has 1 aromatic heterocycles. The molecule has 0 aliphatic heterocycles. The molecule has 162 valence electrons. The molecule has 1 N–H and O–H groups in total. The minimum Gasteiger partial charge on any atom is -0.493 e. The Kier molecular flexibility index (Phi) is 6.12. The van der Waals surface area contributed by atoms with E-state index in [9.17, 15) is 4.79 Å². The third kappa shape index (κ3) is 4.50. The maximum atomic E-state index is 11.1. The number of aliphatic carboxylic acids is 1. The van der Waals surface area contributed by atoms with E-state index in [0.29, 0.717) is 6.61 Å². The Balaban J connectivity index is 1.41. The summed E-state index contributed by atoms with van der Waals surface area (Å²) in [6, 6.07) is 14.7. The summed E-state index contributed by atoms with van der Waals surface area (Å²) in [5.41, 5.74) is 7.05. The van der Waals surface area contributed by atoms with Crippen LogP contribution in [0.4, 0.5) is 0 Å². The van der Waals surface area contributed by atoms with Gasteiger partial charge in [0.2, 0.25) is 0 Å². The lowest BCUT2D eigenvalue weighted by molar-refractivity contribution is -0.137. The number of aryl methyl sites for hydroxylation is 3. The molecule has 31 heavy (non-hydrogen) atoms. The highest BCUT2D eigenvalue weighted by Crippen LogP contribution is 2.37. The fraction of sp³-hybridized carbons (Fsp3) is 0.385. The maximum absolute atomic E-state index is 11.1. The van der Waals surface area contributed by atoms with Crippen molar-refractivity contribution >= 4 is 5.97 Å². The summed E-state index contributed by atoms with van der Waals surface area (Å²) in [6.07, 6.45) is 3.84. The fourth-order valence-corrected chi connectivity index (χ4v) is 4.63. The SMILES string of the molecule is CCc1ccc(-c2nc(C)c(CCOc3ccc4c(c3)CC[C@H]4CC(=O)O)n2C)cc1. The monoisotopic (exact) mass is 418 g/mol. The van der Waals surface area contributed by atoms with Crippen LogP contribution in [0.1, 0.15) is 53.8 Å². The molecule has 0 saturated carbocycles. The van der Waals surface area contributed by atoms with Gasteiger partial charge in [0.15, 0.2) is 0 Å². The van der Waals surface area contributed by atoms with Crippen LogP contribution in [0.3, 0.4) is 0 Å². The highest BCUT2D eigenvalue weighted by molar-refractivity contribution is 5.68. The van der Waals surface area contributed by atoms with E-state index in [0.717, 1.165) is 54.1 Å². The second-order valence-electron chi connectivity index (χ2n) is 8.37. The van der Waals surface area contributed by atoms with Gasteiger partial charge < -0.3 is 14.4 Å². The van der Waals surface area contributed by atoms with E-state index in [4.69, 9.17) is 14.8 Å². The van der Waals surface area contributed by atoms with Gasteiger partial charge in [-0.2, -0.15) is 0 Å². The van der Waals surface area contributed by atoms with Gasteiger partial charge in [-0.15, -0.1) is 0 Å². The standard InChI is InChI=1S/C26H30N2O3/c1-4-18-5-7-19(8-6-18)26-27-17(2)24(28(26)3)13-14-31-22-11-12-23-20(15-22)9-10-21(23)16-25(29)30/h5-8,11-12,15,21H,4,9-10,13-14,16H2,1-3H3,(H,29,30)/t21-/m0/s1. The Morgan fingerprint density at radius 3 is 2.71 bits per heavy atom. The van der Waals surface area contributed by atoms with Crippen LogP contribution in [0, 0.1) is 6.92 Å². The molecule has 0 radical (unpaired) electrons. The van der Waals surface area contributed by atoms with Crippen LogP contribution in [0.2, 0.25) is 0 Å². The molecule has 0 fully saturated rings. The molecule has 5 nitrogen and oxygen atoms in total. The van der Waals surface area contributed by atoms with Gasteiger partial charge in [0, 0.05) is 24.7 Å². The van der Waals surface area contributed by atoms with Gasteiger partial charge in [-0.1, -0.05) is 37.3 Å². The molecule has 0 bridgehead atoms. The molecule has 3 aromatic rings. The number of imidazole rings is 1. The van der Waals surface area contributed by atoms with Crippen LogP contribution in [-0.2, 0) is 31.1 Å². The summed E-state index contributed by atoms with van der Waals surface area (Å²) >= 11 is 0. The topological polar surface area (TPSA) is 64.3 Å². The molecule has 2 aromatic carbocycles. The highest BCUT2D eigenvalue weighted by atomic mass is 16.5. The first-order valence-corrected chi connectivity index (χ1v) is 11.0. The number of hydrogen-bond donors (Lipinski definition) is 1. The number of benzene rings is 2. The molecule has 1 heterocycles. The normalized spacial score (nSPS) is 15.1. The first-order chi connectivity index (χ1) is 15.0. The lowest BCUT2D eigenvalue weighted by Gasteiger charge is -2.12. The Morgan fingerprint density at radius 1 is 1.23 bits per heavy atom. The van der Waals surface area contributed by atoms with Crippen LogP contribution in [0.15, 0.2) is 42.5 Å². The van der Waals surface area contributed by atoms with Crippen molar-refractivity contribution in [1.82, 2.24) is 9.55 Å². The van der Waals surface area contributed by atoms with Gasteiger partial charge in [-0.25, -0.2) is 4.98 Å². The van der Waals surface area contributed by atoms with Crippen molar-refractivity contribution in [2.75, 3.05) is 6.61 Å². The summed E-state index contributed by atoms with van der Waals surface area (Å²) in [4.78, 5) is 15.9. The summed E-state index contributed by atoms with van der Waals surface area (Å²) in [5, 5.41) is 9.09. The van der Waals surface area contributed by atoms with Gasteiger partial charge in [-0.05, 0) is 60.9 Å². The average Bonchev–Trinajstić information content (AvgIpc) is 3.28. The van der Waals surface area contributed by atoms with Gasteiger partial charge in [-0.3, -0.25) is 4.79 Å². The number of rotatable bonds is 8. The molecular formula is C26H30N2O3. The van der Waals surface area contributed by atoms with Gasteiger partial charge in [0.25, 0.3) is 0 Å². The number of aromatic nitrogens is 2. The number of carbonyl (C=O) groups is 1. The third-order valence-corrected chi connectivity index (χ3v) is 6.38.